The van der Waals surface area contributed by atoms with E-state index in [-0.39, 0.29) is 0 Å². The van der Waals surface area contributed by atoms with Crippen LogP contribution in [0.5, 0.6) is 0 Å². The molecule has 50 valence electrons. The molecule has 0 aliphatic rings. The molecule has 3 heteroatoms. The molecule has 0 fully saturated rings. The lowest BCUT2D eigenvalue weighted by atomic mass is 10.2. The molecule has 1 aromatic heterocycles. The third kappa shape index (κ3) is 1.12. The molecule has 2 N–H and O–H groups in total. The Kier molecular flexibility index (Phi) is 1.98. The molecule has 10 heavy (non-hydrogen) atoms. The van der Waals surface area contributed by atoms with E-state index in [1.165, 1.54) is 0 Å². The Bertz CT molecular complexity index is 262. The van der Waals surface area contributed by atoms with Crippen LogP contribution < -0.4 is 5.73 Å². The van der Waals surface area contributed by atoms with Gasteiger partial charge in [0.15, 0.2) is 0 Å². The Labute approximate surface area is 59.1 Å². The van der Waals surface area contributed by atoms with E-state index < -0.39 is 0 Å². The molecule has 1 aromatic rings. The van der Waals surface area contributed by atoms with Crippen LogP contribution in [0.2, 0.25) is 0 Å². The third-order valence-corrected chi connectivity index (χ3v) is 1.20. The van der Waals surface area contributed by atoms with Crippen molar-refractivity contribution in [2.75, 3.05) is 0 Å². The minimum absolute atomic E-state index is 0.323. The van der Waals surface area contributed by atoms with E-state index in [1.807, 2.05) is 6.07 Å². The summed E-state index contributed by atoms with van der Waals surface area (Å²) in [6.45, 7) is 0.323. The lowest BCUT2D eigenvalue weighted by Gasteiger charge is -1.95. The second-order valence-electron chi connectivity index (χ2n) is 1.81. The number of nitrogens with two attached hydrogens (primary N) is 1. The molecule has 0 atom stereocenters. The normalized spacial score (nSPS) is 8.80. The maximum absolute atomic E-state index is 8.50. The van der Waals surface area contributed by atoms with Crippen LogP contribution in [0.3, 0.4) is 0 Å². The largest absolute Gasteiger partial charge is 0.325 e. The van der Waals surface area contributed by atoms with Crippen LogP contribution in [-0.2, 0) is 6.54 Å². The van der Waals surface area contributed by atoms with Gasteiger partial charge in [-0.2, -0.15) is 5.26 Å². The van der Waals surface area contributed by atoms with E-state index in [2.05, 4.69) is 4.98 Å². The van der Waals surface area contributed by atoms with Crippen LogP contribution in [0.1, 0.15) is 11.3 Å². The molecule has 0 saturated heterocycles. The Hall–Kier alpha value is -1.40. The highest BCUT2D eigenvalue weighted by molar-refractivity contribution is 5.32. The summed E-state index contributed by atoms with van der Waals surface area (Å²) < 4.78 is 0. The number of aromatic nitrogens is 1. The van der Waals surface area contributed by atoms with Gasteiger partial charge >= 0.3 is 0 Å². The molecule has 3 nitrogen and oxygen atoms in total. The highest BCUT2D eigenvalue weighted by Crippen LogP contribution is 2.00. The smallest absolute Gasteiger partial charge is 0.101 e. The lowest BCUT2D eigenvalue weighted by molar-refractivity contribution is 0.981. The molecule has 0 aliphatic heterocycles. The van der Waals surface area contributed by atoms with Crippen molar-refractivity contribution in [3.05, 3.63) is 29.6 Å². The van der Waals surface area contributed by atoms with Crippen molar-refractivity contribution in [1.29, 1.82) is 5.26 Å². The van der Waals surface area contributed by atoms with Crippen molar-refractivity contribution >= 4 is 0 Å². The molecule has 0 amide bonds. The van der Waals surface area contributed by atoms with Gasteiger partial charge in [-0.05, 0) is 12.1 Å². The maximum Gasteiger partial charge on any atom is 0.101 e. The standard InChI is InChI=1S/C7H7N3/c8-4-6-2-1-3-10-7(6)5-9/h1-3H,5,9H2. The van der Waals surface area contributed by atoms with Gasteiger partial charge in [0.25, 0.3) is 0 Å². The van der Waals surface area contributed by atoms with Crippen molar-refractivity contribution in [1.82, 2.24) is 4.98 Å². The monoisotopic (exact) mass is 133 g/mol. The highest BCUT2D eigenvalue weighted by Gasteiger charge is 1.96. The number of rotatable bonds is 1. The van der Waals surface area contributed by atoms with Crippen LogP contribution in [-0.4, -0.2) is 4.98 Å². The molecule has 0 aliphatic carbocycles. The molecule has 1 rings (SSSR count). The average molecular weight is 133 g/mol. The fraction of sp³-hybridized carbons (Fsp3) is 0.143. The molecule has 0 bridgehead atoms. The van der Waals surface area contributed by atoms with Crippen LogP contribution in [0, 0.1) is 11.3 Å². The first kappa shape index (κ1) is 6.72. The van der Waals surface area contributed by atoms with Crippen LogP contribution in [0.4, 0.5) is 0 Å². The van der Waals surface area contributed by atoms with E-state index in [0.717, 1.165) is 0 Å². The van der Waals surface area contributed by atoms with Crippen molar-refractivity contribution in [2.45, 2.75) is 6.54 Å². The first-order valence-corrected chi connectivity index (χ1v) is 2.92. The molecule has 0 aromatic carbocycles. The van der Waals surface area contributed by atoms with Gasteiger partial charge in [0.2, 0.25) is 0 Å². The van der Waals surface area contributed by atoms with Gasteiger partial charge in [0, 0.05) is 12.7 Å². The zero-order valence-corrected chi connectivity index (χ0v) is 5.41. The molecular weight excluding hydrogens is 126 g/mol. The van der Waals surface area contributed by atoms with Gasteiger partial charge in [-0.3, -0.25) is 4.98 Å². The molecule has 0 spiro atoms. The van der Waals surface area contributed by atoms with Crippen molar-refractivity contribution < 1.29 is 0 Å². The van der Waals surface area contributed by atoms with E-state index in [4.69, 9.17) is 11.0 Å². The van der Waals surface area contributed by atoms with Gasteiger partial charge < -0.3 is 5.73 Å². The van der Waals surface area contributed by atoms with Crippen LogP contribution >= 0.6 is 0 Å². The maximum atomic E-state index is 8.50. The Morgan fingerprint density at radius 1 is 1.70 bits per heavy atom. The number of nitrogens with zero attached hydrogens (tertiary/aromatic N) is 2. The zero-order chi connectivity index (χ0) is 7.40. The summed E-state index contributed by atoms with van der Waals surface area (Å²) in [5.74, 6) is 0. The first-order valence-electron chi connectivity index (χ1n) is 2.92. The second-order valence-corrected chi connectivity index (χ2v) is 1.81. The fourth-order valence-corrected chi connectivity index (χ4v) is 0.702. The van der Waals surface area contributed by atoms with Gasteiger partial charge in [-0.15, -0.1) is 0 Å². The Morgan fingerprint density at radius 3 is 3.00 bits per heavy atom. The quantitative estimate of drug-likeness (QED) is 0.603. The second kappa shape index (κ2) is 2.95. The van der Waals surface area contributed by atoms with E-state index in [9.17, 15) is 0 Å². The van der Waals surface area contributed by atoms with E-state index >= 15 is 0 Å². The lowest BCUT2D eigenvalue weighted by Crippen LogP contribution is -2.01. The number of nitriles is 1. The Balaban J connectivity index is 3.12. The van der Waals surface area contributed by atoms with Crippen LogP contribution in [0.15, 0.2) is 18.3 Å². The number of hydrogen-bond acceptors (Lipinski definition) is 3. The molecule has 1 heterocycles. The molecule has 0 radical (unpaired) electrons. The summed E-state index contributed by atoms with van der Waals surface area (Å²) in [6, 6.07) is 5.43. The summed E-state index contributed by atoms with van der Waals surface area (Å²) >= 11 is 0. The summed E-state index contributed by atoms with van der Waals surface area (Å²) in [4.78, 5) is 3.92. The molecule has 0 saturated carbocycles. The minimum Gasteiger partial charge on any atom is -0.325 e. The summed E-state index contributed by atoms with van der Waals surface area (Å²) in [5.41, 5.74) is 6.53. The Morgan fingerprint density at radius 2 is 2.50 bits per heavy atom. The predicted molar refractivity (Wildman–Crippen MR) is 36.8 cm³/mol. The molecule has 0 unspecified atom stereocenters. The minimum atomic E-state index is 0.323. The van der Waals surface area contributed by atoms with Crippen molar-refractivity contribution in [3.8, 4) is 6.07 Å². The molecular formula is C7H7N3. The zero-order valence-electron chi connectivity index (χ0n) is 5.41. The van der Waals surface area contributed by atoms with Gasteiger partial charge in [0.05, 0.1) is 11.3 Å². The third-order valence-electron chi connectivity index (χ3n) is 1.20. The number of pyridine rings is 1. The van der Waals surface area contributed by atoms with E-state index in [1.54, 1.807) is 18.3 Å². The topological polar surface area (TPSA) is 62.7 Å². The highest BCUT2D eigenvalue weighted by atomic mass is 14.7. The fourth-order valence-electron chi connectivity index (χ4n) is 0.702. The summed E-state index contributed by atoms with van der Waals surface area (Å²) in [6.07, 6.45) is 1.63. The van der Waals surface area contributed by atoms with Gasteiger partial charge in [0.1, 0.15) is 6.07 Å². The van der Waals surface area contributed by atoms with E-state index in [0.29, 0.717) is 17.8 Å². The summed E-state index contributed by atoms with van der Waals surface area (Å²) in [5, 5.41) is 8.50. The van der Waals surface area contributed by atoms with Crippen molar-refractivity contribution in [2.24, 2.45) is 5.73 Å². The number of hydrogen-bond donors (Lipinski definition) is 1. The average Bonchev–Trinajstić information content (AvgIpc) is 2.04. The first-order chi connectivity index (χ1) is 4.88. The SMILES string of the molecule is N#Cc1cccnc1CN. The van der Waals surface area contributed by atoms with Gasteiger partial charge in [-0.25, -0.2) is 0 Å². The van der Waals surface area contributed by atoms with Gasteiger partial charge in [-0.1, -0.05) is 0 Å². The van der Waals surface area contributed by atoms with Crippen molar-refractivity contribution in [3.63, 3.8) is 0 Å². The van der Waals surface area contributed by atoms with Crippen LogP contribution in [0.25, 0.3) is 0 Å². The predicted octanol–water partition coefficient (Wildman–Crippen LogP) is 0.412. The summed E-state index contributed by atoms with van der Waals surface area (Å²) in [7, 11) is 0.